The van der Waals surface area contributed by atoms with Crippen LogP contribution in [0.4, 0.5) is 0 Å². The van der Waals surface area contributed by atoms with E-state index >= 15 is 0 Å². The van der Waals surface area contributed by atoms with E-state index in [1.165, 1.54) is 0 Å². The molecule has 2 aliphatic rings. The van der Waals surface area contributed by atoms with Gasteiger partial charge in [-0.3, -0.25) is 4.79 Å². The van der Waals surface area contributed by atoms with Gasteiger partial charge in [0, 0.05) is 16.1 Å². The third kappa shape index (κ3) is 1.40. The van der Waals surface area contributed by atoms with E-state index in [0.29, 0.717) is 10.6 Å². The summed E-state index contributed by atoms with van der Waals surface area (Å²) in [6.07, 6.45) is 1.78. The summed E-state index contributed by atoms with van der Waals surface area (Å²) < 4.78 is 5.48. The second-order valence-corrected chi connectivity index (χ2v) is 5.63. The molecule has 1 amide bonds. The average Bonchev–Trinajstić information content (AvgIpc) is 3.06. The maximum absolute atomic E-state index is 12.4. The quantitative estimate of drug-likeness (QED) is 0.803. The molecule has 96 valence electrons. The lowest BCUT2D eigenvalue weighted by Gasteiger charge is -2.11. The minimum Gasteiger partial charge on any atom is -0.358 e. The van der Waals surface area contributed by atoms with Gasteiger partial charge in [-0.1, -0.05) is 22.8 Å². The third-order valence-corrected chi connectivity index (χ3v) is 4.13. The molecule has 1 N–H and O–H groups in total. The first kappa shape index (κ1) is 11.1. The first-order chi connectivity index (χ1) is 9.11. The molecule has 1 aliphatic heterocycles. The lowest BCUT2D eigenvalue weighted by atomic mass is 9.97. The Kier molecular flexibility index (Phi) is 1.97. The highest BCUT2D eigenvalue weighted by molar-refractivity contribution is 6.31. The van der Waals surface area contributed by atoms with Crippen LogP contribution in [0.25, 0.3) is 11.1 Å². The molecule has 0 atom stereocenters. The van der Waals surface area contributed by atoms with Gasteiger partial charge >= 0.3 is 0 Å². The van der Waals surface area contributed by atoms with Crippen molar-refractivity contribution in [2.75, 3.05) is 0 Å². The highest BCUT2D eigenvalue weighted by Crippen LogP contribution is 2.52. The molecule has 0 bridgehead atoms. The lowest BCUT2D eigenvalue weighted by molar-refractivity contribution is 0.0925. The van der Waals surface area contributed by atoms with Crippen molar-refractivity contribution < 1.29 is 9.32 Å². The molecule has 0 saturated heterocycles. The topological polar surface area (TPSA) is 55.1 Å². The van der Waals surface area contributed by atoms with Crippen molar-refractivity contribution in [1.29, 1.82) is 0 Å². The molecule has 5 heteroatoms. The Morgan fingerprint density at radius 1 is 1.37 bits per heavy atom. The zero-order valence-corrected chi connectivity index (χ0v) is 11.0. The molecule has 4 nitrogen and oxygen atoms in total. The van der Waals surface area contributed by atoms with E-state index < -0.39 is 0 Å². The van der Waals surface area contributed by atoms with E-state index in [4.69, 9.17) is 16.1 Å². The van der Waals surface area contributed by atoms with Crippen LogP contribution in [-0.2, 0) is 5.54 Å². The molecule has 2 heterocycles. The Morgan fingerprint density at radius 3 is 2.89 bits per heavy atom. The number of amides is 1. The van der Waals surface area contributed by atoms with Gasteiger partial charge in [0.1, 0.15) is 5.54 Å². The number of rotatable bonds is 0. The predicted molar refractivity (Wildman–Crippen MR) is 70.1 cm³/mol. The highest BCUT2D eigenvalue weighted by atomic mass is 35.5. The van der Waals surface area contributed by atoms with Crippen LogP contribution in [-0.4, -0.2) is 11.1 Å². The normalized spacial score (nSPS) is 18.5. The molecule has 1 fully saturated rings. The van der Waals surface area contributed by atoms with Crippen LogP contribution in [0.15, 0.2) is 22.7 Å². The number of halogens is 1. The van der Waals surface area contributed by atoms with Gasteiger partial charge in [0.15, 0.2) is 5.76 Å². The summed E-state index contributed by atoms with van der Waals surface area (Å²) in [4.78, 5) is 12.4. The number of aryl methyl sites for hydroxylation is 1. The van der Waals surface area contributed by atoms with Crippen LogP contribution in [0.1, 0.15) is 34.7 Å². The Bertz CT molecular complexity index is 716. The Hall–Kier alpha value is -1.81. The van der Waals surface area contributed by atoms with Gasteiger partial charge in [0.25, 0.3) is 5.91 Å². The van der Waals surface area contributed by atoms with Crippen molar-refractivity contribution in [2.24, 2.45) is 0 Å². The first-order valence-electron chi connectivity index (χ1n) is 6.20. The van der Waals surface area contributed by atoms with E-state index in [0.717, 1.165) is 35.4 Å². The summed E-state index contributed by atoms with van der Waals surface area (Å²) in [6.45, 7) is 1.90. The molecule has 19 heavy (non-hydrogen) atoms. The molecule has 0 unspecified atom stereocenters. The summed E-state index contributed by atoms with van der Waals surface area (Å²) in [5.74, 6) is 0.681. The van der Waals surface area contributed by atoms with Crippen molar-refractivity contribution in [3.8, 4) is 11.1 Å². The number of carbonyl (C=O) groups excluding carboxylic acids is 1. The van der Waals surface area contributed by atoms with E-state index in [1.54, 1.807) is 12.1 Å². The SMILES string of the molecule is Cc1noc2c1-c1ccc(Cl)cc1C(=O)NC21CC1. The summed E-state index contributed by atoms with van der Waals surface area (Å²) in [6, 6.07) is 5.35. The molecule has 1 aromatic heterocycles. The zero-order chi connectivity index (χ0) is 13.2. The average molecular weight is 275 g/mol. The molecule has 1 spiro atoms. The fourth-order valence-electron chi connectivity index (χ4n) is 2.75. The van der Waals surface area contributed by atoms with Gasteiger partial charge in [-0.05, 0) is 31.9 Å². The van der Waals surface area contributed by atoms with Gasteiger partial charge in [-0.2, -0.15) is 0 Å². The van der Waals surface area contributed by atoms with Crippen LogP contribution < -0.4 is 5.32 Å². The lowest BCUT2D eigenvalue weighted by Crippen LogP contribution is -2.33. The number of nitrogens with one attached hydrogen (secondary N) is 1. The van der Waals surface area contributed by atoms with Crippen molar-refractivity contribution >= 4 is 17.5 Å². The van der Waals surface area contributed by atoms with Crippen LogP contribution >= 0.6 is 11.6 Å². The zero-order valence-electron chi connectivity index (χ0n) is 10.3. The maximum atomic E-state index is 12.4. The summed E-state index contributed by atoms with van der Waals surface area (Å²) >= 11 is 6.00. The largest absolute Gasteiger partial charge is 0.358 e. The number of nitrogens with zero attached hydrogens (tertiary/aromatic N) is 1. The number of benzene rings is 1. The van der Waals surface area contributed by atoms with E-state index in [1.807, 2.05) is 13.0 Å². The highest BCUT2D eigenvalue weighted by Gasteiger charge is 2.53. The molecule has 1 aromatic carbocycles. The van der Waals surface area contributed by atoms with E-state index in [2.05, 4.69) is 10.5 Å². The minimum absolute atomic E-state index is 0.0965. The Morgan fingerprint density at radius 2 is 2.16 bits per heavy atom. The summed E-state index contributed by atoms with van der Waals surface area (Å²) in [5, 5.41) is 7.67. The van der Waals surface area contributed by atoms with Gasteiger partial charge in [0.05, 0.1) is 11.3 Å². The van der Waals surface area contributed by atoms with Crippen molar-refractivity contribution in [3.63, 3.8) is 0 Å². The van der Waals surface area contributed by atoms with Crippen LogP contribution in [0.2, 0.25) is 5.02 Å². The third-order valence-electron chi connectivity index (χ3n) is 3.90. The summed E-state index contributed by atoms with van der Waals surface area (Å²) in [7, 11) is 0. The fraction of sp³-hybridized carbons (Fsp3) is 0.286. The standard InChI is InChI=1S/C14H11ClN2O2/c1-7-11-9-3-2-8(15)6-10(9)13(18)16-14(4-5-14)12(11)19-17-7/h2-3,6H,4-5H2,1H3,(H,16,18). The number of fused-ring (bicyclic) bond motifs is 4. The monoisotopic (exact) mass is 274 g/mol. The molecule has 1 saturated carbocycles. The Balaban J connectivity index is 2.07. The van der Waals surface area contributed by atoms with Crippen molar-refractivity contribution in [1.82, 2.24) is 10.5 Å². The Labute approximate surface area is 114 Å². The number of hydrogen-bond acceptors (Lipinski definition) is 3. The van der Waals surface area contributed by atoms with Crippen LogP contribution in [0, 0.1) is 6.92 Å². The van der Waals surface area contributed by atoms with Gasteiger partial charge in [-0.25, -0.2) is 0 Å². The predicted octanol–water partition coefficient (Wildman–Crippen LogP) is 3.04. The fourth-order valence-corrected chi connectivity index (χ4v) is 2.93. The van der Waals surface area contributed by atoms with Gasteiger partial charge in [-0.15, -0.1) is 0 Å². The molecule has 1 aliphatic carbocycles. The first-order valence-corrected chi connectivity index (χ1v) is 6.58. The molecular formula is C14H11ClN2O2. The molecule has 4 rings (SSSR count). The number of aromatic nitrogens is 1. The van der Waals surface area contributed by atoms with Gasteiger partial charge < -0.3 is 9.84 Å². The number of hydrogen-bond donors (Lipinski definition) is 1. The van der Waals surface area contributed by atoms with E-state index in [9.17, 15) is 4.79 Å². The summed E-state index contributed by atoms with van der Waals surface area (Å²) in [5.41, 5.74) is 2.81. The van der Waals surface area contributed by atoms with Gasteiger partial charge in [0.2, 0.25) is 0 Å². The van der Waals surface area contributed by atoms with Crippen molar-refractivity contribution in [3.05, 3.63) is 40.2 Å². The minimum atomic E-state index is -0.362. The molecular weight excluding hydrogens is 264 g/mol. The van der Waals surface area contributed by atoms with Crippen LogP contribution in [0.5, 0.6) is 0 Å². The van der Waals surface area contributed by atoms with E-state index in [-0.39, 0.29) is 11.4 Å². The second kappa shape index (κ2) is 3.39. The maximum Gasteiger partial charge on any atom is 0.252 e. The van der Waals surface area contributed by atoms with Crippen LogP contribution in [0.3, 0.4) is 0 Å². The molecule has 2 aromatic rings. The van der Waals surface area contributed by atoms with Crippen molar-refractivity contribution in [2.45, 2.75) is 25.3 Å². The smallest absolute Gasteiger partial charge is 0.252 e. The molecule has 0 radical (unpaired) electrons. The number of carbonyl (C=O) groups is 1. The second-order valence-electron chi connectivity index (χ2n) is 5.20.